The number of carbonyl (C=O) groups excluding carboxylic acids is 3. The molecule has 0 aliphatic carbocycles. The van der Waals surface area contributed by atoms with Crippen molar-refractivity contribution in [1.82, 2.24) is 0 Å². The summed E-state index contributed by atoms with van der Waals surface area (Å²) < 4.78 is 10.6. The average molecular weight is 494 g/mol. The number of hydrogen-bond donors (Lipinski definition) is 3. The summed E-state index contributed by atoms with van der Waals surface area (Å²) >= 11 is 1.35. The molecule has 0 aliphatic rings. The first-order chi connectivity index (χ1) is 16.9. The van der Waals surface area contributed by atoms with Crippen molar-refractivity contribution >= 4 is 40.9 Å². The Hall–Kier alpha value is -3.98. The van der Waals surface area contributed by atoms with Crippen LogP contribution in [0.5, 0.6) is 11.5 Å². The Morgan fingerprint density at radius 2 is 1.57 bits per heavy atom. The predicted octanol–water partition coefficient (Wildman–Crippen LogP) is 4.56. The number of rotatable bonds is 10. The summed E-state index contributed by atoms with van der Waals surface area (Å²) in [5.41, 5.74) is 6.87. The predicted molar refractivity (Wildman–Crippen MR) is 137 cm³/mol. The molecule has 0 aromatic heterocycles. The monoisotopic (exact) mass is 493 g/mol. The molecule has 0 bridgehead atoms. The molecule has 182 valence electrons. The van der Waals surface area contributed by atoms with Crippen molar-refractivity contribution in [3.8, 4) is 11.5 Å². The minimum Gasteiger partial charge on any atom is -0.496 e. The Labute approximate surface area is 208 Å². The van der Waals surface area contributed by atoms with Gasteiger partial charge in [-0.25, -0.2) is 0 Å². The number of nitrogens with two attached hydrogens (primary N) is 1. The van der Waals surface area contributed by atoms with Crippen LogP contribution in [0.3, 0.4) is 0 Å². The third-order valence-corrected chi connectivity index (χ3v) is 6.50. The highest BCUT2D eigenvalue weighted by atomic mass is 32.2. The first kappa shape index (κ1) is 25.6. The van der Waals surface area contributed by atoms with Crippen LogP contribution in [0.2, 0.25) is 0 Å². The summed E-state index contributed by atoms with van der Waals surface area (Å²) in [7, 11) is 2.97. The molecule has 0 saturated heterocycles. The normalized spacial score (nSPS) is 11.3. The van der Waals surface area contributed by atoms with Crippen LogP contribution >= 0.6 is 11.8 Å². The molecular weight excluding hydrogens is 466 g/mol. The smallest absolute Gasteiger partial charge is 0.263 e. The number of ether oxygens (including phenoxy) is 2. The number of primary amides is 1. The maximum absolute atomic E-state index is 13.0. The molecule has 8 nitrogen and oxygen atoms in total. The maximum atomic E-state index is 13.0. The highest BCUT2D eigenvalue weighted by Gasteiger charge is 2.21. The van der Waals surface area contributed by atoms with E-state index in [0.717, 1.165) is 4.90 Å². The zero-order valence-corrected chi connectivity index (χ0v) is 20.5. The van der Waals surface area contributed by atoms with Gasteiger partial charge in [0.2, 0.25) is 5.91 Å². The van der Waals surface area contributed by atoms with E-state index >= 15 is 0 Å². The van der Waals surface area contributed by atoms with E-state index in [1.54, 1.807) is 60.7 Å². The number of nitrogens with one attached hydrogen (secondary N) is 2. The number of thioether (sulfide) groups is 1. The van der Waals surface area contributed by atoms with Crippen molar-refractivity contribution in [1.29, 1.82) is 0 Å². The van der Waals surface area contributed by atoms with E-state index < -0.39 is 11.2 Å². The van der Waals surface area contributed by atoms with E-state index in [9.17, 15) is 14.4 Å². The van der Waals surface area contributed by atoms with E-state index in [1.165, 1.54) is 26.0 Å². The van der Waals surface area contributed by atoms with Crippen LogP contribution in [0.4, 0.5) is 11.4 Å². The molecule has 3 rings (SSSR count). The molecule has 0 aliphatic heterocycles. The van der Waals surface area contributed by atoms with Gasteiger partial charge in [-0.2, -0.15) is 0 Å². The van der Waals surface area contributed by atoms with Gasteiger partial charge < -0.3 is 25.8 Å². The number of benzene rings is 3. The van der Waals surface area contributed by atoms with Gasteiger partial charge in [-0.1, -0.05) is 31.2 Å². The lowest BCUT2D eigenvalue weighted by Crippen LogP contribution is -2.26. The van der Waals surface area contributed by atoms with Crippen molar-refractivity contribution in [3.05, 3.63) is 77.9 Å². The van der Waals surface area contributed by atoms with E-state index in [1.807, 2.05) is 13.0 Å². The molecule has 0 spiro atoms. The third kappa shape index (κ3) is 6.33. The molecule has 0 saturated carbocycles. The number of para-hydroxylation sites is 1. The van der Waals surface area contributed by atoms with Gasteiger partial charge in [0.15, 0.2) is 0 Å². The minimum atomic E-state index is -0.614. The van der Waals surface area contributed by atoms with Gasteiger partial charge in [-0.15, -0.1) is 11.8 Å². The van der Waals surface area contributed by atoms with Gasteiger partial charge in [0.25, 0.3) is 11.8 Å². The van der Waals surface area contributed by atoms with Crippen molar-refractivity contribution in [2.24, 2.45) is 5.73 Å². The van der Waals surface area contributed by atoms with Gasteiger partial charge in [0.1, 0.15) is 17.1 Å². The van der Waals surface area contributed by atoms with Crippen molar-refractivity contribution in [2.75, 3.05) is 24.9 Å². The Kier molecular flexibility index (Phi) is 8.74. The maximum Gasteiger partial charge on any atom is 0.263 e. The van der Waals surface area contributed by atoms with Crippen LogP contribution in [0.15, 0.2) is 71.6 Å². The second kappa shape index (κ2) is 11.9. The largest absolute Gasteiger partial charge is 0.496 e. The summed E-state index contributed by atoms with van der Waals surface area (Å²) in [6, 6.07) is 18.9. The van der Waals surface area contributed by atoms with Crippen LogP contribution in [-0.4, -0.2) is 37.2 Å². The summed E-state index contributed by atoms with van der Waals surface area (Å²) in [5, 5.41) is 5.23. The zero-order chi connectivity index (χ0) is 25.4. The molecule has 4 N–H and O–H groups in total. The van der Waals surface area contributed by atoms with E-state index in [4.69, 9.17) is 15.2 Å². The molecular formula is C26H27N3O5S. The average Bonchev–Trinajstić information content (AvgIpc) is 2.86. The van der Waals surface area contributed by atoms with Crippen LogP contribution in [-0.2, 0) is 4.79 Å². The van der Waals surface area contributed by atoms with E-state index in [2.05, 4.69) is 10.6 Å². The molecule has 3 amide bonds. The highest BCUT2D eigenvalue weighted by Crippen LogP contribution is 2.31. The Morgan fingerprint density at radius 3 is 2.20 bits per heavy atom. The molecule has 1 atom stereocenters. The quantitative estimate of drug-likeness (QED) is 0.356. The fourth-order valence-electron chi connectivity index (χ4n) is 3.42. The molecule has 3 aromatic carbocycles. The van der Waals surface area contributed by atoms with Crippen molar-refractivity contribution < 1.29 is 23.9 Å². The third-order valence-electron chi connectivity index (χ3n) is 5.14. The molecule has 0 fully saturated rings. The second-order valence-corrected chi connectivity index (χ2v) is 8.71. The molecule has 0 heterocycles. The highest BCUT2D eigenvalue weighted by molar-refractivity contribution is 8.00. The van der Waals surface area contributed by atoms with Gasteiger partial charge in [0, 0.05) is 10.6 Å². The van der Waals surface area contributed by atoms with Gasteiger partial charge >= 0.3 is 0 Å². The fourth-order valence-corrected chi connectivity index (χ4v) is 4.44. The number of hydrogen-bond acceptors (Lipinski definition) is 6. The molecule has 35 heavy (non-hydrogen) atoms. The summed E-state index contributed by atoms with van der Waals surface area (Å²) in [6.45, 7) is 1.90. The number of amides is 3. The molecule has 1 unspecified atom stereocenters. The fraction of sp³-hybridized carbons (Fsp3) is 0.192. The number of methoxy groups -OCH3 is 2. The first-order valence-electron chi connectivity index (χ1n) is 10.9. The summed E-state index contributed by atoms with van der Waals surface area (Å²) in [4.78, 5) is 38.4. The number of anilines is 2. The molecule has 3 aromatic rings. The SMILES string of the molecule is CCC(Sc1cccc(NC(=O)c2c(OC)cccc2OC)c1)C(=O)Nc1ccccc1C(N)=O. The lowest BCUT2D eigenvalue weighted by Gasteiger charge is -2.17. The lowest BCUT2D eigenvalue weighted by molar-refractivity contribution is -0.115. The Morgan fingerprint density at radius 1 is 0.914 bits per heavy atom. The Balaban J connectivity index is 1.75. The molecule has 9 heteroatoms. The summed E-state index contributed by atoms with van der Waals surface area (Å²) in [6.07, 6.45) is 0.546. The van der Waals surface area contributed by atoms with Crippen LogP contribution < -0.4 is 25.8 Å². The second-order valence-electron chi connectivity index (χ2n) is 7.43. The van der Waals surface area contributed by atoms with Crippen molar-refractivity contribution in [2.45, 2.75) is 23.5 Å². The zero-order valence-electron chi connectivity index (χ0n) is 19.7. The van der Waals surface area contributed by atoms with E-state index in [-0.39, 0.29) is 22.9 Å². The first-order valence-corrected chi connectivity index (χ1v) is 11.7. The Bertz CT molecular complexity index is 1210. The van der Waals surface area contributed by atoms with Crippen molar-refractivity contribution in [3.63, 3.8) is 0 Å². The van der Waals surface area contributed by atoms with Crippen LogP contribution in [0.1, 0.15) is 34.1 Å². The van der Waals surface area contributed by atoms with Gasteiger partial charge in [-0.3, -0.25) is 14.4 Å². The van der Waals surface area contributed by atoms with Crippen LogP contribution in [0.25, 0.3) is 0 Å². The minimum absolute atomic E-state index is 0.247. The van der Waals surface area contributed by atoms with Gasteiger partial charge in [0.05, 0.1) is 30.7 Å². The van der Waals surface area contributed by atoms with Crippen LogP contribution in [0, 0.1) is 0 Å². The lowest BCUT2D eigenvalue weighted by atomic mass is 10.1. The van der Waals surface area contributed by atoms with E-state index in [0.29, 0.717) is 29.3 Å². The summed E-state index contributed by atoms with van der Waals surface area (Å²) in [5.74, 6) is -0.455. The van der Waals surface area contributed by atoms with Gasteiger partial charge in [-0.05, 0) is 48.9 Å². The molecule has 0 radical (unpaired) electrons. The number of carbonyl (C=O) groups is 3. The topological polar surface area (TPSA) is 120 Å². The standard InChI is InChI=1S/C26H27N3O5S/c1-4-22(25(31)29-19-12-6-5-11-18(19)24(27)30)35-17-10-7-9-16(15-17)28-26(32)23-20(33-2)13-8-14-21(23)34-3/h5-15,22H,4H2,1-3H3,(H2,27,30)(H,28,32)(H,29,31).